The van der Waals surface area contributed by atoms with Crippen LogP contribution in [0, 0.1) is 17.8 Å². The van der Waals surface area contributed by atoms with Gasteiger partial charge in [0, 0.05) is 13.1 Å². The van der Waals surface area contributed by atoms with E-state index in [0.29, 0.717) is 0 Å². The number of rotatable bonds is 2. The Hall–Kier alpha value is -0.300. The number of likely N-dealkylation sites (tertiary alicyclic amines) is 1. The minimum Gasteiger partial charge on any atom is -0.303 e. The molecule has 2 aliphatic rings. The summed E-state index contributed by atoms with van der Waals surface area (Å²) in [5.41, 5.74) is 1.41. The van der Waals surface area contributed by atoms with E-state index < -0.39 is 0 Å². The molecule has 2 rings (SSSR count). The van der Waals surface area contributed by atoms with Crippen LogP contribution in [0.4, 0.5) is 0 Å². The second-order valence-electron chi connectivity index (χ2n) is 4.05. The van der Waals surface area contributed by atoms with Crippen LogP contribution in [-0.4, -0.2) is 24.5 Å². The lowest BCUT2D eigenvalue weighted by molar-refractivity contribution is 0.307. The van der Waals surface area contributed by atoms with Crippen LogP contribution in [0.5, 0.6) is 0 Å². The van der Waals surface area contributed by atoms with Gasteiger partial charge in [0.25, 0.3) is 0 Å². The smallest absolute Gasteiger partial charge is 0.00189 e. The maximum atomic E-state index is 4.03. The van der Waals surface area contributed by atoms with Crippen LogP contribution in [0.1, 0.15) is 13.8 Å². The average molecular weight is 151 g/mol. The van der Waals surface area contributed by atoms with Crippen LogP contribution in [-0.2, 0) is 0 Å². The predicted octanol–water partition coefficient (Wildman–Crippen LogP) is 1.76. The first-order valence-electron chi connectivity index (χ1n) is 4.61. The molecule has 0 bridgehead atoms. The highest BCUT2D eigenvalue weighted by molar-refractivity contribution is 5.18. The zero-order chi connectivity index (χ0) is 8.01. The number of fused-ring (bicyclic) bond motifs is 1. The van der Waals surface area contributed by atoms with E-state index in [4.69, 9.17) is 0 Å². The Kier molecular flexibility index (Phi) is 1.57. The van der Waals surface area contributed by atoms with Gasteiger partial charge in [0.2, 0.25) is 0 Å². The Morgan fingerprint density at radius 3 is 2.36 bits per heavy atom. The number of hydrogen-bond acceptors (Lipinski definition) is 1. The van der Waals surface area contributed by atoms with Gasteiger partial charge in [0.1, 0.15) is 0 Å². The van der Waals surface area contributed by atoms with Gasteiger partial charge in [-0.05, 0) is 31.2 Å². The number of piperidine rings is 1. The molecule has 1 aliphatic carbocycles. The van der Waals surface area contributed by atoms with Crippen LogP contribution >= 0.6 is 0 Å². The Morgan fingerprint density at radius 1 is 1.45 bits per heavy atom. The van der Waals surface area contributed by atoms with Crippen LogP contribution in [0.2, 0.25) is 0 Å². The number of hydrogen-bond donors (Lipinski definition) is 0. The average Bonchev–Trinajstić information content (AvgIpc) is 2.48. The highest BCUT2D eigenvalue weighted by atomic mass is 15.2. The molecule has 1 saturated carbocycles. The van der Waals surface area contributed by atoms with Crippen molar-refractivity contribution in [1.82, 2.24) is 4.90 Å². The van der Waals surface area contributed by atoms with E-state index >= 15 is 0 Å². The zero-order valence-corrected chi connectivity index (χ0v) is 7.51. The first-order chi connectivity index (χ1) is 5.24. The molecule has 1 heterocycles. The third kappa shape index (κ3) is 1.02. The van der Waals surface area contributed by atoms with E-state index in [9.17, 15) is 0 Å². The van der Waals surface area contributed by atoms with Crippen molar-refractivity contribution in [2.24, 2.45) is 17.8 Å². The molecule has 11 heavy (non-hydrogen) atoms. The summed E-state index contributed by atoms with van der Waals surface area (Å²) >= 11 is 0. The third-order valence-corrected chi connectivity index (χ3v) is 3.29. The second kappa shape index (κ2) is 2.34. The first kappa shape index (κ1) is 7.35. The molecule has 2 atom stereocenters. The molecule has 0 amide bonds. The quantitative estimate of drug-likeness (QED) is 0.544. The topological polar surface area (TPSA) is 3.24 Å². The Labute approximate surface area is 69.1 Å². The largest absolute Gasteiger partial charge is 0.303 e. The molecule has 62 valence electrons. The van der Waals surface area contributed by atoms with Gasteiger partial charge in [-0.1, -0.05) is 19.1 Å². The third-order valence-electron chi connectivity index (χ3n) is 3.29. The van der Waals surface area contributed by atoms with Gasteiger partial charge in [-0.15, -0.1) is 0 Å². The van der Waals surface area contributed by atoms with Crippen LogP contribution in [0.3, 0.4) is 0 Å². The maximum Gasteiger partial charge on any atom is 0.00189 e. The molecule has 1 saturated heterocycles. The molecule has 0 spiro atoms. The molecule has 0 radical (unpaired) electrons. The van der Waals surface area contributed by atoms with Gasteiger partial charge in [0.15, 0.2) is 0 Å². The van der Waals surface area contributed by atoms with Gasteiger partial charge in [-0.25, -0.2) is 0 Å². The summed E-state index contributed by atoms with van der Waals surface area (Å²) in [5, 5.41) is 0. The molecular formula is C10H17N. The minimum atomic E-state index is 0.887. The fourth-order valence-electron chi connectivity index (χ4n) is 2.60. The van der Waals surface area contributed by atoms with Crippen molar-refractivity contribution in [3.05, 3.63) is 12.2 Å². The molecule has 0 aromatic rings. The van der Waals surface area contributed by atoms with Crippen LogP contribution in [0.15, 0.2) is 12.2 Å². The van der Waals surface area contributed by atoms with E-state index in [-0.39, 0.29) is 0 Å². The Morgan fingerprint density at radius 2 is 2.00 bits per heavy atom. The molecule has 1 nitrogen and oxygen atoms in total. The lowest BCUT2D eigenvalue weighted by Crippen LogP contribution is -2.24. The highest BCUT2D eigenvalue weighted by Gasteiger charge is 2.55. The summed E-state index contributed by atoms with van der Waals surface area (Å²) in [6.07, 6.45) is 0. The van der Waals surface area contributed by atoms with E-state index in [1.807, 2.05) is 0 Å². The summed E-state index contributed by atoms with van der Waals surface area (Å²) < 4.78 is 0. The van der Waals surface area contributed by atoms with E-state index in [0.717, 1.165) is 17.8 Å². The lowest BCUT2D eigenvalue weighted by atomic mass is 10.1. The standard InChI is InChI=1S/C10H17N/c1-4-11-5-8-9(6-11)10(8)7(2)3/h8-10H,2,4-6H2,1,3H3. The monoisotopic (exact) mass is 151 g/mol. The minimum absolute atomic E-state index is 0.887. The SMILES string of the molecule is C=C(C)C1C2CN(CC)CC21. The predicted molar refractivity (Wildman–Crippen MR) is 47.4 cm³/mol. The van der Waals surface area contributed by atoms with Gasteiger partial charge < -0.3 is 4.90 Å². The molecule has 2 unspecified atom stereocenters. The van der Waals surface area contributed by atoms with Crippen molar-refractivity contribution in [3.8, 4) is 0 Å². The second-order valence-corrected chi connectivity index (χ2v) is 4.05. The molecule has 0 aromatic heterocycles. The van der Waals surface area contributed by atoms with Gasteiger partial charge in [0.05, 0.1) is 0 Å². The fraction of sp³-hybridized carbons (Fsp3) is 0.800. The van der Waals surface area contributed by atoms with Crippen LogP contribution < -0.4 is 0 Å². The zero-order valence-electron chi connectivity index (χ0n) is 7.51. The summed E-state index contributed by atoms with van der Waals surface area (Å²) in [7, 11) is 0. The van der Waals surface area contributed by atoms with Crippen molar-refractivity contribution in [2.75, 3.05) is 19.6 Å². The van der Waals surface area contributed by atoms with Crippen molar-refractivity contribution < 1.29 is 0 Å². The highest BCUT2D eigenvalue weighted by Crippen LogP contribution is 2.54. The Balaban J connectivity index is 1.90. The number of nitrogens with zero attached hydrogens (tertiary/aromatic N) is 1. The number of allylic oxidation sites excluding steroid dienone is 1. The van der Waals surface area contributed by atoms with Gasteiger partial charge in [-0.2, -0.15) is 0 Å². The Bertz CT molecular complexity index is 173. The molecule has 1 heteroatoms. The molecule has 1 aliphatic heterocycles. The molecule has 0 aromatic carbocycles. The van der Waals surface area contributed by atoms with E-state index in [1.54, 1.807) is 0 Å². The van der Waals surface area contributed by atoms with Crippen molar-refractivity contribution in [1.29, 1.82) is 0 Å². The first-order valence-corrected chi connectivity index (χ1v) is 4.61. The van der Waals surface area contributed by atoms with Crippen molar-refractivity contribution in [2.45, 2.75) is 13.8 Å². The normalized spacial score (nSPS) is 42.2. The van der Waals surface area contributed by atoms with E-state index in [1.165, 1.54) is 25.2 Å². The summed E-state index contributed by atoms with van der Waals surface area (Å²) in [5.74, 6) is 2.85. The molecule has 0 N–H and O–H groups in total. The van der Waals surface area contributed by atoms with Gasteiger partial charge in [-0.3, -0.25) is 0 Å². The van der Waals surface area contributed by atoms with Crippen LogP contribution in [0.25, 0.3) is 0 Å². The maximum absolute atomic E-state index is 4.03. The van der Waals surface area contributed by atoms with E-state index in [2.05, 4.69) is 25.3 Å². The van der Waals surface area contributed by atoms with Crippen molar-refractivity contribution in [3.63, 3.8) is 0 Å². The lowest BCUT2D eigenvalue weighted by Gasteiger charge is -2.16. The fourth-order valence-corrected chi connectivity index (χ4v) is 2.60. The summed E-state index contributed by atoms with van der Waals surface area (Å²) in [4.78, 5) is 2.55. The summed E-state index contributed by atoms with van der Waals surface area (Å²) in [6.45, 7) is 12.4. The molecule has 2 fully saturated rings. The molecular weight excluding hydrogens is 134 g/mol. The van der Waals surface area contributed by atoms with Gasteiger partial charge >= 0.3 is 0 Å². The van der Waals surface area contributed by atoms with Crippen molar-refractivity contribution >= 4 is 0 Å². The summed E-state index contributed by atoms with van der Waals surface area (Å²) in [6, 6.07) is 0.